The maximum atomic E-state index is 13.0. The van der Waals surface area contributed by atoms with E-state index in [9.17, 15) is 4.79 Å². The summed E-state index contributed by atoms with van der Waals surface area (Å²) in [7, 11) is 2.98. The van der Waals surface area contributed by atoms with Crippen LogP contribution in [-0.4, -0.2) is 55.8 Å². The minimum absolute atomic E-state index is 0.244. The molecule has 0 radical (unpaired) electrons. The highest BCUT2D eigenvalue weighted by molar-refractivity contribution is 7.99. The molecule has 208 valence electrons. The van der Waals surface area contributed by atoms with Crippen LogP contribution >= 0.6 is 11.8 Å². The molecule has 0 amide bonds. The lowest BCUT2D eigenvalue weighted by Gasteiger charge is -2.45. The zero-order chi connectivity index (χ0) is 27.5. The van der Waals surface area contributed by atoms with Gasteiger partial charge in [0.25, 0.3) is 0 Å². The maximum absolute atomic E-state index is 13.0. The van der Waals surface area contributed by atoms with E-state index in [-0.39, 0.29) is 6.61 Å². The largest absolute Gasteiger partial charge is 0.497 e. The van der Waals surface area contributed by atoms with Gasteiger partial charge in [-0.2, -0.15) is 0 Å². The number of methoxy groups -OCH3 is 2. The predicted molar refractivity (Wildman–Crippen MR) is 150 cm³/mol. The molecule has 4 rings (SSSR count). The minimum atomic E-state index is -0.977. The molecule has 1 heterocycles. The number of hydrogen-bond acceptors (Lipinski definition) is 8. The summed E-state index contributed by atoms with van der Waals surface area (Å²) >= 11 is 1.57. The van der Waals surface area contributed by atoms with Crippen molar-refractivity contribution in [2.24, 2.45) is 0 Å². The summed E-state index contributed by atoms with van der Waals surface area (Å²) in [6.07, 6.45) is -2.85. The smallest absolute Gasteiger partial charge is 0.337 e. The van der Waals surface area contributed by atoms with E-state index in [0.717, 1.165) is 28.2 Å². The molecule has 3 aromatic carbocycles. The van der Waals surface area contributed by atoms with Gasteiger partial charge in [-0.25, -0.2) is 4.79 Å². The number of ether oxygens (including phenoxy) is 6. The van der Waals surface area contributed by atoms with Crippen LogP contribution in [0.2, 0.25) is 0 Å². The van der Waals surface area contributed by atoms with Gasteiger partial charge in [-0.1, -0.05) is 79.7 Å². The Labute approximate surface area is 234 Å². The molecule has 0 unspecified atom stereocenters. The van der Waals surface area contributed by atoms with Gasteiger partial charge < -0.3 is 28.4 Å². The second-order valence-corrected chi connectivity index (χ2v) is 10.4. The molecule has 5 atom stereocenters. The molecule has 0 aliphatic carbocycles. The van der Waals surface area contributed by atoms with Crippen molar-refractivity contribution in [1.82, 2.24) is 0 Å². The summed E-state index contributed by atoms with van der Waals surface area (Å²) in [6, 6.07) is 27.5. The van der Waals surface area contributed by atoms with Crippen molar-refractivity contribution in [3.05, 3.63) is 102 Å². The lowest BCUT2D eigenvalue weighted by atomic mass is 9.98. The van der Waals surface area contributed by atoms with Crippen molar-refractivity contribution in [2.45, 2.75) is 56.6 Å². The SMILES string of the molecule is CCS[C@@H]1O[C@H](C(=O)OC)[C@H](OCc2ccc(OC)cc2)[C@H](OCc2ccccc2)[C@H]1OCc1ccccc1. The van der Waals surface area contributed by atoms with Gasteiger partial charge in [-0.3, -0.25) is 0 Å². The van der Waals surface area contributed by atoms with Gasteiger partial charge in [0.05, 0.1) is 34.0 Å². The first kappa shape index (κ1) is 29.1. The first-order chi connectivity index (χ1) is 19.1. The van der Waals surface area contributed by atoms with Crippen LogP contribution in [0.5, 0.6) is 5.75 Å². The molecule has 8 heteroatoms. The first-order valence-corrected chi connectivity index (χ1v) is 14.1. The van der Waals surface area contributed by atoms with Crippen molar-refractivity contribution in [1.29, 1.82) is 0 Å². The average molecular weight is 553 g/mol. The Kier molecular flexibility index (Phi) is 11.2. The molecule has 0 aromatic heterocycles. The van der Waals surface area contributed by atoms with Gasteiger partial charge in [0.15, 0.2) is 6.10 Å². The van der Waals surface area contributed by atoms with Crippen LogP contribution < -0.4 is 4.74 Å². The fourth-order valence-corrected chi connectivity index (χ4v) is 5.36. The molecule has 1 saturated heterocycles. The highest BCUT2D eigenvalue weighted by Crippen LogP contribution is 2.35. The summed E-state index contributed by atoms with van der Waals surface area (Å²) in [5.41, 5.74) is 2.51. The highest BCUT2D eigenvalue weighted by atomic mass is 32.2. The molecule has 0 spiro atoms. The van der Waals surface area contributed by atoms with E-state index < -0.39 is 35.8 Å². The van der Waals surface area contributed by atoms with Crippen LogP contribution in [-0.2, 0) is 48.3 Å². The van der Waals surface area contributed by atoms with Gasteiger partial charge in [0.2, 0.25) is 0 Å². The quantitative estimate of drug-likeness (QED) is 0.261. The number of rotatable bonds is 13. The standard InChI is InChI=1S/C31H36O7S/c1-4-39-31-29(37-20-23-13-9-6-10-14-23)27(36-19-22-11-7-5-8-12-22)26(28(38-31)30(32)34-3)35-21-24-15-17-25(33-2)18-16-24/h5-18,26-29,31H,4,19-21H2,1-3H3/t26-,27+,28+,29-,31+/m1/s1. The zero-order valence-electron chi connectivity index (χ0n) is 22.6. The topological polar surface area (TPSA) is 72.5 Å². The van der Waals surface area contributed by atoms with Crippen molar-refractivity contribution in [3.63, 3.8) is 0 Å². The van der Waals surface area contributed by atoms with Crippen LogP contribution in [0.15, 0.2) is 84.9 Å². The number of carbonyl (C=O) groups is 1. The second-order valence-electron chi connectivity index (χ2n) is 9.05. The molecule has 0 bridgehead atoms. The zero-order valence-corrected chi connectivity index (χ0v) is 23.4. The number of thioether (sulfide) groups is 1. The lowest BCUT2D eigenvalue weighted by Crippen LogP contribution is -2.61. The number of carbonyl (C=O) groups excluding carboxylic acids is 1. The molecule has 3 aromatic rings. The molecule has 0 saturated carbocycles. The maximum Gasteiger partial charge on any atom is 0.337 e. The molecule has 0 N–H and O–H groups in total. The molecule has 1 aliphatic rings. The number of hydrogen-bond donors (Lipinski definition) is 0. The number of benzene rings is 3. The Morgan fingerprint density at radius 1 is 0.718 bits per heavy atom. The Balaban J connectivity index is 1.63. The third-order valence-electron chi connectivity index (χ3n) is 6.43. The second kappa shape index (κ2) is 15.1. The van der Waals surface area contributed by atoms with E-state index in [4.69, 9.17) is 28.4 Å². The Bertz CT molecular complexity index is 1130. The molecule has 1 aliphatic heterocycles. The Morgan fingerprint density at radius 3 is 1.74 bits per heavy atom. The van der Waals surface area contributed by atoms with Crippen LogP contribution in [0.3, 0.4) is 0 Å². The highest BCUT2D eigenvalue weighted by Gasteiger charge is 2.51. The van der Waals surface area contributed by atoms with Crippen LogP contribution in [0, 0.1) is 0 Å². The number of esters is 1. The van der Waals surface area contributed by atoms with Gasteiger partial charge in [0, 0.05) is 0 Å². The van der Waals surface area contributed by atoms with Crippen molar-refractivity contribution >= 4 is 17.7 Å². The monoisotopic (exact) mass is 552 g/mol. The summed E-state index contributed by atoms with van der Waals surface area (Å²) in [4.78, 5) is 13.0. The van der Waals surface area contributed by atoms with Gasteiger partial charge in [-0.05, 0) is 34.6 Å². The molecular weight excluding hydrogens is 516 g/mol. The lowest BCUT2D eigenvalue weighted by molar-refractivity contribution is -0.248. The van der Waals surface area contributed by atoms with Gasteiger partial charge in [-0.15, -0.1) is 11.8 Å². The van der Waals surface area contributed by atoms with Crippen molar-refractivity contribution in [2.75, 3.05) is 20.0 Å². The van der Waals surface area contributed by atoms with Gasteiger partial charge in [0.1, 0.15) is 29.5 Å². The molecular formula is C31H36O7S. The molecule has 1 fully saturated rings. The average Bonchev–Trinajstić information content (AvgIpc) is 2.99. The summed E-state index contributed by atoms with van der Waals surface area (Å²) in [6.45, 7) is 2.99. The van der Waals surface area contributed by atoms with E-state index in [0.29, 0.717) is 13.2 Å². The molecule has 39 heavy (non-hydrogen) atoms. The van der Waals surface area contributed by atoms with E-state index in [1.165, 1.54) is 7.11 Å². The van der Waals surface area contributed by atoms with Crippen LogP contribution in [0.25, 0.3) is 0 Å². The normalized spacial score (nSPS) is 22.8. The summed E-state index contributed by atoms with van der Waals surface area (Å²) < 4.78 is 36.2. The van der Waals surface area contributed by atoms with E-state index in [1.54, 1.807) is 18.9 Å². The predicted octanol–water partition coefficient (Wildman–Crippen LogP) is 5.40. The first-order valence-electron chi connectivity index (χ1n) is 13.0. The van der Waals surface area contributed by atoms with E-state index in [2.05, 4.69) is 0 Å². The fraction of sp³-hybridized carbons (Fsp3) is 0.387. The van der Waals surface area contributed by atoms with Crippen LogP contribution in [0.1, 0.15) is 23.6 Å². The van der Waals surface area contributed by atoms with Gasteiger partial charge >= 0.3 is 5.97 Å². The Morgan fingerprint density at radius 2 is 1.23 bits per heavy atom. The van der Waals surface area contributed by atoms with Crippen molar-refractivity contribution < 1.29 is 33.2 Å². The third-order valence-corrected chi connectivity index (χ3v) is 7.47. The molecule has 7 nitrogen and oxygen atoms in total. The van der Waals surface area contributed by atoms with Crippen LogP contribution in [0.4, 0.5) is 0 Å². The minimum Gasteiger partial charge on any atom is -0.497 e. The van der Waals surface area contributed by atoms with E-state index in [1.807, 2.05) is 91.9 Å². The fourth-order valence-electron chi connectivity index (χ4n) is 4.41. The summed E-state index contributed by atoms with van der Waals surface area (Å²) in [5, 5.41) is 0. The van der Waals surface area contributed by atoms with E-state index >= 15 is 0 Å². The Hall–Kier alpha value is -2.88. The third kappa shape index (κ3) is 8.06. The van der Waals surface area contributed by atoms with Crippen molar-refractivity contribution in [3.8, 4) is 5.75 Å². The summed E-state index contributed by atoms with van der Waals surface area (Å²) in [5.74, 6) is 1.02.